The molecule has 0 aliphatic heterocycles. The van der Waals surface area contributed by atoms with Gasteiger partial charge in [0.05, 0.1) is 0 Å². The molecule has 0 radical (unpaired) electrons. The largest absolute Gasteiger partial charge is 0.489 e. The third-order valence-corrected chi connectivity index (χ3v) is 3.55. The van der Waals surface area contributed by atoms with E-state index in [2.05, 4.69) is 48.0 Å². The van der Waals surface area contributed by atoms with Crippen molar-refractivity contribution in [3.8, 4) is 5.75 Å². The van der Waals surface area contributed by atoms with Gasteiger partial charge in [0.1, 0.15) is 12.4 Å². The highest BCUT2D eigenvalue weighted by molar-refractivity contribution is 9.10. The fourth-order valence-corrected chi connectivity index (χ4v) is 2.02. The van der Waals surface area contributed by atoms with Crippen molar-refractivity contribution in [2.45, 2.75) is 20.5 Å². The summed E-state index contributed by atoms with van der Waals surface area (Å²) in [6.45, 7) is 4.76. The predicted octanol–water partition coefficient (Wildman–Crippen LogP) is 4.64. The van der Waals surface area contributed by atoms with E-state index in [0.717, 1.165) is 10.2 Å². The van der Waals surface area contributed by atoms with Crippen molar-refractivity contribution in [2.75, 3.05) is 0 Å². The number of hydrogen-bond donors (Lipinski definition) is 0. The first-order chi connectivity index (χ1) is 8.16. The van der Waals surface area contributed by atoms with Crippen LogP contribution in [0, 0.1) is 13.8 Å². The maximum absolute atomic E-state index is 5.83. The summed E-state index contributed by atoms with van der Waals surface area (Å²) in [5.74, 6) is 0.936. The second-order valence-electron chi connectivity index (χ2n) is 4.14. The van der Waals surface area contributed by atoms with Gasteiger partial charge in [0.15, 0.2) is 0 Å². The molecule has 88 valence electrons. The summed E-state index contributed by atoms with van der Waals surface area (Å²) in [6.07, 6.45) is 0. The van der Waals surface area contributed by atoms with E-state index in [1.165, 1.54) is 16.7 Å². The van der Waals surface area contributed by atoms with Crippen LogP contribution in [0.4, 0.5) is 0 Å². The maximum Gasteiger partial charge on any atom is 0.123 e. The molecule has 2 aromatic rings. The Labute approximate surface area is 111 Å². The topological polar surface area (TPSA) is 9.23 Å². The number of aryl methyl sites for hydroxylation is 2. The fourth-order valence-electron chi connectivity index (χ4n) is 1.70. The molecular weight excluding hydrogens is 276 g/mol. The summed E-state index contributed by atoms with van der Waals surface area (Å²) < 4.78 is 6.92. The third kappa shape index (κ3) is 3.10. The Bertz CT molecular complexity index is 506. The van der Waals surface area contributed by atoms with Gasteiger partial charge in [-0.2, -0.15) is 0 Å². The lowest BCUT2D eigenvalue weighted by Gasteiger charge is -2.11. The van der Waals surface area contributed by atoms with Crippen molar-refractivity contribution in [1.29, 1.82) is 0 Å². The normalized spacial score (nSPS) is 10.3. The lowest BCUT2D eigenvalue weighted by molar-refractivity contribution is 0.304. The second-order valence-corrected chi connectivity index (χ2v) is 5.00. The summed E-state index contributed by atoms with van der Waals surface area (Å²) in [5, 5.41) is 0. The lowest BCUT2D eigenvalue weighted by atomic mass is 10.1. The minimum absolute atomic E-state index is 0.608. The van der Waals surface area contributed by atoms with Crippen LogP contribution in [-0.2, 0) is 6.61 Å². The van der Waals surface area contributed by atoms with Crippen molar-refractivity contribution < 1.29 is 4.74 Å². The van der Waals surface area contributed by atoms with E-state index in [-0.39, 0.29) is 0 Å². The minimum Gasteiger partial charge on any atom is -0.489 e. The molecule has 0 unspecified atom stereocenters. The number of rotatable bonds is 3. The quantitative estimate of drug-likeness (QED) is 0.800. The molecule has 0 amide bonds. The van der Waals surface area contributed by atoms with Crippen molar-refractivity contribution in [1.82, 2.24) is 0 Å². The van der Waals surface area contributed by atoms with Gasteiger partial charge in [0, 0.05) is 4.47 Å². The van der Waals surface area contributed by atoms with Crippen molar-refractivity contribution in [3.05, 3.63) is 63.6 Å². The molecule has 0 fully saturated rings. The van der Waals surface area contributed by atoms with E-state index < -0.39 is 0 Å². The lowest BCUT2D eigenvalue weighted by Crippen LogP contribution is -1.97. The number of ether oxygens (including phenoxy) is 1. The minimum atomic E-state index is 0.608. The van der Waals surface area contributed by atoms with Gasteiger partial charge >= 0.3 is 0 Å². The standard InChI is InChI=1S/C15H15BrO/c1-11-8-12(2)15(9-14(11)16)17-10-13-6-4-3-5-7-13/h3-9H,10H2,1-2H3. The summed E-state index contributed by atoms with van der Waals surface area (Å²) in [5.41, 5.74) is 3.58. The first-order valence-electron chi connectivity index (χ1n) is 5.60. The van der Waals surface area contributed by atoms with Crippen LogP contribution in [0.2, 0.25) is 0 Å². The number of benzene rings is 2. The smallest absolute Gasteiger partial charge is 0.123 e. The van der Waals surface area contributed by atoms with Crippen LogP contribution in [0.15, 0.2) is 46.9 Å². The average Bonchev–Trinajstić information content (AvgIpc) is 2.33. The van der Waals surface area contributed by atoms with Gasteiger partial charge in [0.25, 0.3) is 0 Å². The van der Waals surface area contributed by atoms with E-state index in [1.807, 2.05) is 24.3 Å². The molecule has 0 bridgehead atoms. The third-order valence-electron chi connectivity index (χ3n) is 2.69. The zero-order valence-electron chi connectivity index (χ0n) is 10.0. The van der Waals surface area contributed by atoms with Crippen LogP contribution in [0.5, 0.6) is 5.75 Å². The summed E-state index contributed by atoms with van der Waals surface area (Å²) >= 11 is 3.53. The summed E-state index contributed by atoms with van der Waals surface area (Å²) in [7, 11) is 0. The molecule has 17 heavy (non-hydrogen) atoms. The highest BCUT2D eigenvalue weighted by atomic mass is 79.9. The van der Waals surface area contributed by atoms with Gasteiger partial charge in [0.2, 0.25) is 0 Å². The highest BCUT2D eigenvalue weighted by Crippen LogP contribution is 2.27. The van der Waals surface area contributed by atoms with Gasteiger partial charge in [-0.1, -0.05) is 52.3 Å². The van der Waals surface area contributed by atoms with E-state index in [9.17, 15) is 0 Å². The van der Waals surface area contributed by atoms with Gasteiger partial charge in [-0.25, -0.2) is 0 Å². The number of hydrogen-bond acceptors (Lipinski definition) is 1. The van der Waals surface area contributed by atoms with E-state index in [1.54, 1.807) is 0 Å². The summed E-state index contributed by atoms with van der Waals surface area (Å²) in [4.78, 5) is 0. The second kappa shape index (κ2) is 5.37. The molecule has 0 spiro atoms. The fraction of sp³-hybridized carbons (Fsp3) is 0.200. The van der Waals surface area contributed by atoms with Crippen molar-refractivity contribution in [3.63, 3.8) is 0 Å². The van der Waals surface area contributed by atoms with Crippen molar-refractivity contribution in [2.24, 2.45) is 0 Å². The SMILES string of the molecule is Cc1cc(C)c(OCc2ccccc2)cc1Br. The maximum atomic E-state index is 5.83. The molecular formula is C15H15BrO. The Hall–Kier alpha value is -1.28. The molecule has 0 saturated heterocycles. The molecule has 0 heterocycles. The Morgan fingerprint density at radius 1 is 1.00 bits per heavy atom. The Morgan fingerprint density at radius 3 is 2.41 bits per heavy atom. The zero-order chi connectivity index (χ0) is 12.3. The number of halogens is 1. The van der Waals surface area contributed by atoms with Crippen LogP contribution in [0.25, 0.3) is 0 Å². The molecule has 0 N–H and O–H groups in total. The molecule has 2 aromatic carbocycles. The molecule has 1 nitrogen and oxygen atoms in total. The Kier molecular flexibility index (Phi) is 3.85. The van der Waals surface area contributed by atoms with E-state index in [0.29, 0.717) is 6.61 Å². The molecule has 0 aromatic heterocycles. The molecule has 2 heteroatoms. The van der Waals surface area contributed by atoms with Gasteiger partial charge in [-0.05, 0) is 36.6 Å². The van der Waals surface area contributed by atoms with Crippen LogP contribution >= 0.6 is 15.9 Å². The van der Waals surface area contributed by atoms with Crippen LogP contribution in [0.1, 0.15) is 16.7 Å². The molecule has 2 rings (SSSR count). The van der Waals surface area contributed by atoms with Crippen molar-refractivity contribution >= 4 is 15.9 Å². The van der Waals surface area contributed by atoms with Crippen LogP contribution in [-0.4, -0.2) is 0 Å². The Morgan fingerprint density at radius 2 is 1.71 bits per heavy atom. The Balaban J connectivity index is 2.12. The monoisotopic (exact) mass is 290 g/mol. The first kappa shape index (κ1) is 12.2. The van der Waals surface area contributed by atoms with E-state index in [4.69, 9.17) is 4.74 Å². The molecule has 0 aliphatic rings. The van der Waals surface area contributed by atoms with Crippen LogP contribution < -0.4 is 4.74 Å². The van der Waals surface area contributed by atoms with Gasteiger partial charge in [-0.3, -0.25) is 0 Å². The van der Waals surface area contributed by atoms with Gasteiger partial charge in [-0.15, -0.1) is 0 Å². The van der Waals surface area contributed by atoms with E-state index >= 15 is 0 Å². The molecule has 0 saturated carbocycles. The summed E-state index contributed by atoms with van der Waals surface area (Å²) in [6, 6.07) is 14.4. The zero-order valence-corrected chi connectivity index (χ0v) is 11.6. The molecule has 0 aliphatic carbocycles. The van der Waals surface area contributed by atoms with Crippen LogP contribution in [0.3, 0.4) is 0 Å². The first-order valence-corrected chi connectivity index (χ1v) is 6.39. The van der Waals surface area contributed by atoms with Gasteiger partial charge < -0.3 is 4.74 Å². The average molecular weight is 291 g/mol. The highest BCUT2D eigenvalue weighted by Gasteiger charge is 2.04. The molecule has 0 atom stereocenters. The predicted molar refractivity (Wildman–Crippen MR) is 74.4 cm³/mol.